The minimum Gasteiger partial charge on any atom is -0.314 e. The first kappa shape index (κ1) is 15.9. The first-order chi connectivity index (χ1) is 8.55. The third kappa shape index (κ3) is 3.25. The highest BCUT2D eigenvalue weighted by Crippen LogP contribution is 2.19. The summed E-state index contributed by atoms with van der Waals surface area (Å²) in [5, 5.41) is 12.0. The Hall–Kier alpha value is -1.13. The van der Waals surface area contributed by atoms with Gasteiger partial charge < -0.3 is 5.32 Å². The van der Waals surface area contributed by atoms with Crippen LogP contribution in [0.5, 0.6) is 0 Å². The van der Waals surface area contributed by atoms with Gasteiger partial charge in [0.25, 0.3) is 0 Å². The monoisotopic (exact) mass is 301 g/mol. The van der Waals surface area contributed by atoms with E-state index in [4.69, 9.17) is 5.26 Å². The lowest BCUT2D eigenvalue weighted by Gasteiger charge is -2.26. The van der Waals surface area contributed by atoms with Crippen molar-refractivity contribution in [3.63, 3.8) is 0 Å². The number of piperazine rings is 1. The Morgan fingerprint density at radius 3 is 2.47 bits per heavy atom. The van der Waals surface area contributed by atoms with Gasteiger partial charge in [-0.05, 0) is 30.7 Å². The van der Waals surface area contributed by atoms with E-state index >= 15 is 0 Å². The second-order valence-corrected chi connectivity index (χ2v) is 6.18. The van der Waals surface area contributed by atoms with Crippen LogP contribution < -0.4 is 5.32 Å². The molecule has 0 atom stereocenters. The number of nitriles is 1. The summed E-state index contributed by atoms with van der Waals surface area (Å²) < 4.78 is 26.2. The van der Waals surface area contributed by atoms with Gasteiger partial charge in [0.05, 0.1) is 16.5 Å². The van der Waals surface area contributed by atoms with E-state index in [1.165, 1.54) is 10.4 Å². The molecule has 0 radical (unpaired) electrons. The van der Waals surface area contributed by atoms with Crippen LogP contribution in [0.2, 0.25) is 0 Å². The quantitative estimate of drug-likeness (QED) is 0.880. The molecule has 104 valence electrons. The molecule has 0 spiro atoms. The van der Waals surface area contributed by atoms with Crippen LogP contribution in [-0.2, 0) is 10.0 Å². The van der Waals surface area contributed by atoms with E-state index < -0.39 is 10.0 Å². The molecular formula is C12H16ClN3O2S. The van der Waals surface area contributed by atoms with Crippen LogP contribution in [0.25, 0.3) is 0 Å². The van der Waals surface area contributed by atoms with E-state index in [2.05, 4.69) is 5.32 Å². The first-order valence-corrected chi connectivity index (χ1v) is 7.21. The van der Waals surface area contributed by atoms with Crippen molar-refractivity contribution in [3.8, 4) is 6.07 Å². The largest absolute Gasteiger partial charge is 0.314 e. The summed E-state index contributed by atoms with van der Waals surface area (Å²) in [7, 11) is -3.43. The van der Waals surface area contributed by atoms with Crippen LogP contribution >= 0.6 is 12.4 Å². The van der Waals surface area contributed by atoms with Gasteiger partial charge in [0, 0.05) is 26.2 Å². The molecule has 7 heteroatoms. The molecule has 0 aliphatic carbocycles. The molecule has 0 aromatic heterocycles. The summed E-state index contributed by atoms with van der Waals surface area (Å²) in [6.45, 7) is 4.07. The molecule has 0 bridgehead atoms. The number of hydrogen-bond acceptors (Lipinski definition) is 4. The number of nitrogens with zero attached hydrogens (tertiary/aromatic N) is 2. The summed E-state index contributed by atoms with van der Waals surface area (Å²) in [5.74, 6) is 0. The van der Waals surface area contributed by atoms with Gasteiger partial charge in [0.1, 0.15) is 0 Å². The smallest absolute Gasteiger partial charge is 0.243 e. The highest BCUT2D eigenvalue weighted by Gasteiger charge is 2.25. The minimum atomic E-state index is -3.43. The summed E-state index contributed by atoms with van der Waals surface area (Å²) in [6, 6.07) is 6.66. The second kappa shape index (κ2) is 6.35. The fraction of sp³-hybridized carbons (Fsp3) is 0.417. The Morgan fingerprint density at radius 1 is 1.32 bits per heavy atom. The summed E-state index contributed by atoms with van der Waals surface area (Å²) in [6.07, 6.45) is 0. The fourth-order valence-electron chi connectivity index (χ4n) is 1.96. The molecule has 19 heavy (non-hydrogen) atoms. The number of benzene rings is 1. The van der Waals surface area contributed by atoms with E-state index in [0.29, 0.717) is 37.3 Å². The van der Waals surface area contributed by atoms with Crippen molar-refractivity contribution in [1.82, 2.24) is 9.62 Å². The van der Waals surface area contributed by atoms with Crippen LogP contribution in [-0.4, -0.2) is 38.9 Å². The van der Waals surface area contributed by atoms with Crippen molar-refractivity contribution in [1.29, 1.82) is 5.26 Å². The zero-order valence-electron chi connectivity index (χ0n) is 10.6. The number of aryl methyl sites for hydroxylation is 1. The molecule has 1 fully saturated rings. The van der Waals surface area contributed by atoms with Crippen molar-refractivity contribution < 1.29 is 8.42 Å². The van der Waals surface area contributed by atoms with Gasteiger partial charge in [-0.2, -0.15) is 9.57 Å². The van der Waals surface area contributed by atoms with Crippen molar-refractivity contribution in [3.05, 3.63) is 29.3 Å². The molecule has 0 unspecified atom stereocenters. The van der Waals surface area contributed by atoms with Crippen LogP contribution in [0, 0.1) is 18.3 Å². The molecule has 2 rings (SSSR count). The molecule has 0 amide bonds. The maximum atomic E-state index is 12.4. The predicted molar refractivity (Wildman–Crippen MR) is 74.8 cm³/mol. The number of sulfonamides is 1. The third-order valence-electron chi connectivity index (χ3n) is 3.03. The van der Waals surface area contributed by atoms with E-state index in [0.717, 1.165) is 0 Å². The molecule has 1 aliphatic rings. The van der Waals surface area contributed by atoms with Crippen molar-refractivity contribution in [2.24, 2.45) is 0 Å². The van der Waals surface area contributed by atoms with Crippen molar-refractivity contribution >= 4 is 22.4 Å². The van der Waals surface area contributed by atoms with Gasteiger partial charge >= 0.3 is 0 Å². The Morgan fingerprint density at radius 2 is 1.95 bits per heavy atom. The predicted octanol–water partition coefficient (Wildman–Crippen LogP) is 0.882. The second-order valence-electron chi connectivity index (χ2n) is 4.24. The molecule has 1 saturated heterocycles. The van der Waals surface area contributed by atoms with Gasteiger partial charge in [-0.25, -0.2) is 8.42 Å². The lowest BCUT2D eigenvalue weighted by atomic mass is 10.1. The molecule has 1 N–H and O–H groups in total. The van der Waals surface area contributed by atoms with E-state index in [-0.39, 0.29) is 17.3 Å². The van der Waals surface area contributed by atoms with Gasteiger partial charge in [-0.3, -0.25) is 0 Å². The van der Waals surface area contributed by atoms with E-state index in [1.54, 1.807) is 19.1 Å². The maximum absolute atomic E-state index is 12.4. The van der Waals surface area contributed by atoms with Gasteiger partial charge in [-0.15, -0.1) is 12.4 Å². The Bertz CT molecular complexity index is 589. The molecule has 1 aliphatic heterocycles. The zero-order valence-corrected chi connectivity index (χ0v) is 12.2. The average Bonchev–Trinajstić information content (AvgIpc) is 2.39. The van der Waals surface area contributed by atoms with E-state index in [9.17, 15) is 8.42 Å². The topological polar surface area (TPSA) is 73.2 Å². The molecule has 1 heterocycles. The number of halogens is 1. The van der Waals surface area contributed by atoms with E-state index in [1.807, 2.05) is 6.07 Å². The van der Waals surface area contributed by atoms with Gasteiger partial charge in [0.2, 0.25) is 10.0 Å². The fourth-order valence-corrected chi connectivity index (χ4v) is 3.48. The number of hydrogen-bond donors (Lipinski definition) is 1. The summed E-state index contributed by atoms with van der Waals surface area (Å²) in [5.41, 5.74) is 1.20. The molecule has 1 aromatic rings. The maximum Gasteiger partial charge on any atom is 0.243 e. The lowest BCUT2D eigenvalue weighted by Crippen LogP contribution is -2.46. The standard InChI is InChI=1S/C12H15N3O2S.ClH/c1-10-8-12(3-2-11(10)9-13)18(16,17)15-6-4-14-5-7-15;/h2-3,8,14H,4-7H2,1H3;1H. The van der Waals surface area contributed by atoms with Crippen molar-refractivity contribution in [2.45, 2.75) is 11.8 Å². The summed E-state index contributed by atoms with van der Waals surface area (Å²) in [4.78, 5) is 0.265. The van der Waals surface area contributed by atoms with Gasteiger partial charge in [-0.1, -0.05) is 0 Å². The zero-order chi connectivity index (χ0) is 13.2. The summed E-state index contributed by atoms with van der Waals surface area (Å²) >= 11 is 0. The van der Waals surface area contributed by atoms with Crippen molar-refractivity contribution in [2.75, 3.05) is 26.2 Å². The SMILES string of the molecule is Cc1cc(S(=O)(=O)N2CCNCC2)ccc1C#N.Cl. The van der Waals surface area contributed by atoms with Gasteiger partial charge in [0.15, 0.2) is 0 Å². The average molecular weight is 302 g/mol. The highest BCUT2D eigenvalue weighted by molar-refractivity contribution is 7.89. The van der Waals surface area contributed by atoms with Crippen LogP contribution in [0.4, 0.5) is 0 Å². The van der Waals surface area contributed by atoms with Crippen LogP contribution in [0.1, 0.15) is 11.1 Å². The Kier molecular flexibility index (Phi) is 5.32. The van der Waals surface area contributed by atoms with Crippen LogP contribution in [0.3, 0.4) is 0 Å². The lowest BCUT2D eigenvalue weighted by molar-refractivity contribution is 0.360. The number of rotatable bonds is 2. The highest BCUT2D eigenvalue weighted by atomic mass is 35.5. The normalized spacial score (nSPS) is 16.4. The Labute approximate surface area is 119 Å². The first-order valence-electron chi connectivity index (χ1n) is 5.77. The van der Waals surface area contributed by atoms with Crippen LogP contribution in [0.15, 0.2) is 23.1 Å². The molecular weight excluding hydrogens is 286 g/mol. The molecule has 0 saturated carbocycles. The Balaban J connectivity index is 0.00000180. The number of nitrogens with one attached hydrogen (secondary N) is 1. The third-order valence-corrected chi connectivity index (χ3v) is 4.93. The minimum absolute atomic E-state index is 0. The molecule has 5 nitrogen and oxygen atoms in total. The molecule has 1 aromatic carbocycles.